The first-order chi connectivity index (χ1) is 9.72. The third-order valence-corrected chi connectivity index (χ3v) is 5.10. The normalized spacial score (nSPS) is 37.0. The summed E-state index contributed by atoms with van der Waals surface area (Å²) in [6.07, 6.45) is 3.19. The number of rotatable bonds is 1. The smallest absolute Gasteiger partial charge is 0.235 e. The number of amides is 1. The van der Waals surface area contributed by atoms with E-state index in [-0.39, 0.29) is 23.7 Å². The highest BCUT2D eigenvalue weighted by atomic mass is 16.5. The lowest BCUT2D eigenvalue weighted by Crippen LogP contribution is -2.75. The summed E-state index contributed by atoms with van der Waals surface area (Å²) in [5, 5.41) is 0. The van der Waals surface area contributed by atoms with E-state index in [2.05, 4.69) is 11.8 Å². The number of nitrogens with zero attached hydrogens (tertiary/aromatic N) is 2. The van der Waals surface area contributed by atoms with Crippen LogP contribution in [0.2, 0.25) is 0 Å². The lowest BCUT2D eigenvalue weighted by molar-refractivity contribution is -0.247. The van der Waals surface area contributed by atoms with E-state index in [9.17, 15) is 4.79 Å². The van der Waals surface area contributed by atoms with Crippen LogP contribution in [0.25, 0.3) is 0 Å². The van der Waals surface area contributed by atoms with Gasteiger partial charge in [-0.25, -0.2) is 0 Å². The van der Waals surface area contributed by atoms with Crippen LogP contribution in [0, 0.1) is 5.92 Å². The van der Waals surface area contributed by atoms with Gasteiger partial charge in [-0.3, -0.25) is 14.6 Å². The maximum atomic E-state index is 12.9. The molecule has 0 aliphatic carbocycles. The van der Waals surface area contributed by atoms with Crippen LogP contribution in [0.4, 0.5) is 5.69 Å². The van der Waals surface area contributed by atoms with Crippen molar-refractivity contribution in [2.75, 3.05) is 18.1 Å². The number of para-hydroxylation sites is 1. The number of benzene rings is 1. The molecule has 1 amide bonds. The van der Waals surface area contributed by atoms with Gasteiger partial charge in [0.05, 0.1) is 18.7 Å². The van der Waals surface area contributed by atoms with E-state index in [1.165, 1.54) is 0 Å². The molecular weight excluding hydrogens is 252 g/mol. The fourth-order valence-electron chi connectivity index (χ4n) is 4.13. The van der Waals surface area contributed by atoms with Gasteiger partial charge in [0.25, 0.3) is 0 Å². The summed E-state index contributed by atoms with van der Waals surface area (Å²) in [6, 6.07) is 10.0. The molecule has 20 heavy (non-hydrogen) atoms. The van der Waals surface area contributed by atoms with Crippen molar-refractivity contribution in [3.8, 4) is 0 Å². The molecule has 4 nitrogen and oxygen atoms in total. The summed E-state index contributed by atoms with van der Waals surface area (Å²) in [5.41, 5.74) is 0.628. The zero-order chi connectivity index (χ0) is 13.7. The maximum absolute atomic E-state index is 12.9. The molecule has 5 rings (SSSR count). The van der Waals surface area contributed by atoms with Crippen LogP contribution in [0.5, 0.6) is 0 Å². The molecule has 1 aromatic carbocycles. The first-order valence-electron chi connectivity index (χ1n) is 7.50. The van der Waals surface area contributed by atoms with Crippen molar-refractivity contribution in [1.29, 1.82) is 0 Å². The average Bonchev–Trinajstić information content (AvgIpc) is 2.48. The van der Waals surface area contributed by atoms with Gasteiger partial charge in [-0.15, -0.1) is 0 Å². The molecule has 0 spiro atoms. The van der Waals surface area contributed by atoms with Crippen LogP contribution >= 0.6 is 0 Å². The molecule has 4 heteroatoms. The van der Waals surface area contributed by atoms with Gasteiger partial charge in [0.2, 0.25) is 5.91 Å². The summed E-state index contributed by atoms with van der Waals surface area (Å²) in [6.45, 7) is 3.90. The first kappa shape index (κ1) is 12.4. The Hall–Kier alpha value is -1.39. The molecule has 0 N–H and O–H groups in total. The molecule has 4 fully saturated rings. The zero-order valence-corrected chi connectivity index (χ0v) is 11.8. The second-order valence-corrected chi connectivity index (χ2v) is 6.10. The van der Waals surface area contributed by atoms with E-state index >= 15 is 0 Å². The number of carbonyl (C=O) groups excluding carboxylic acids is 1. The molecule has 0 radical (unpaired) electrons. The van der Waals surface area contributed by atoms with Gasteiger partial charge in [0, 0.05) is 12.2 Å². The highest BCUT2D eigenvalue weighted by Gasteiger charge is 2.59. The Morgan fingerprint density at radius 3 is 2.85 bits per heavy atom. The van der Waals surface area contributed by atoms with Crippen molar-refractivity contribution >= 4 is 11.6 Å². The maximum Gasteiger partial charge on any atom is 0.235 e. The van der Waals surface area contributed by atoms with Gasteiger partial charge in [-0.1, -0.05) is 18.2 Å². The van der Waals surface area contributed by atoms with Gasteiger partial charge >= 0.3 is 0 Å². The third kappa shape index (κ3) is 1.52. The minimum Gasteiger partial charge on any atom is -0.360 e. The first-order valence-corrected chi connectivity index (χ1v) is 7.50. The predicted molar refractivity (Wildman–Crippen MR) is 76.1 cm³/mol. The molecule has 1 aromatic rings. The molecule has 4 saturated heterocycles. The molecule has 0 unspecified atom stereocenters. The standard InChI is InChI=1S/C16H20N2O2/c1-16-13-8-9-14(17(16)10-5-11-20-16)18(15(13)19)12-6-3-2-4-7-12/h2-4,6-7,13-14H,5,8-11H2,1H3/t13-,14-,16+/m1/s1. The summed E-state index contributed by atoms with van der Waals surface area (Å²) < 4.78 is 6.04. The Morgan fingerprint density at radius 2 is 2.05 bits per heavy atom. The molecule has 4 aliphatic rings. The number of hydrogen-bond acceptors (Lipinski definition) is 3. The largest absolute Gasteiger partial charge is 0.360 e. The molecule has 0 saturated carbocycles. The lowest BCUT2D eigenvalue weighted by atomic mass is 9.78. The number of fused-ring (bicyclic) bond motifs is 2. The molecule has 106 valence electrons. The van der Waals surface area contributed by atoms with Crippen LogP contribution in [0.1, 0.15) is 26.2 Å². The van der Waals surface area contributed by atoms with E-state index in [1.54, 1.807) is 0 Å². The van der Waals surface area contributed by atoms with Crippen molar-refractivity contribution in [1.82, 2.24) is 4.90 Å². The third-order valence-electron chi connectivity index (χ3n) is 5.10. The Morgan fingerprint density at radius 1 is 1.25 bits per heavy atom. The Bertz CT molecular complexity index is 533. The number of carbonyl (C=O) groups is 1. The highest BCUT2D eigenvalue weighted by Crippen LogP contribution is 2.47. The SMILES string of the molecule is C[C@@]12OCCCN1[C@H]1CC[C@@H]2C(=O)N1c1ccccc1. The molecular formula is C16H20N2O2. The Labute approximate surface area is 119 Å². The fourth-order valence-corrected chi connectivity index (χ4v) is 4.13. The average molecular weight is 272 g/mol. The van der Waals surface area contributed by atoms with Gasteiger partial charge in [-0.2, -0.15) is 0 Å². The van der Waals surface area contributed by atoms with E-state index in [0.29, 0.717) is 0 Å². The topological polar surface area (TPSA) is 32.8 Å². The van der Waals surface area contributed by atoms with Crippen molar-refractivity contribution in [2.24, 2.45) is 5.92 Å². The highest BCUT2D eigenvalue weighted by molar-refractivity contribution is 5.98. The van der Waals surface area contributed by atoms with E-state index < -0.39 is 0 Å². The summed E-state index contributed by atoms with van der Waals surface area (Å²) in [5.74, 6) is 0.195. The summed E-state index contributed by atoms with van der Waals surface area (Å²) in [4.78, 5) is 17.3. The number of ether oxygens (including phenoxy) is 1. The van der Waals surface area contributed by atoms with Crippen molar-refractivity contribution in [3.05, 3.63) is 30.3 Å². The number of hydrogen-bond donors (Lipinski definition) is 0. The van der Waals surface area contributed by atoms with E-state index in [0.717, 1.165) is 38.1 Å². The zero-order valence-electron chi connectivity index (χ0n) is 11.8. The van der Waals surface area contributed by atoms with Crippen molar-refractivity contribution in [2.45, 2.75) is 38.1 Å². The number of piperidine rings is 2. The molecule has 4 heterocycles. The summed E-state index contributed by atoms with van der Waals surface area (Å²) >= 11 is 0. The summed E-state index contributed by atoms with van der Waals surface area (Å²) in [7, 11) is 0. The minimum atomic E-state index is -0.385. The fraction of sp³-hybridized carbons (Fsp3) is 0.562. The predicted octanol–water partition coefficient (Wildman–Crippen LogP) is 2.21. The van der Waals surface area contributed by atoms with Gasteiger partial charge < -0.3 is 4.74 Å². The van der Waals surface area contributed by atoms with Gasteiger partial charge in [0.15, 0.2) is 0 Å². The monoisotopic (exact) mass is 272 g/mol. The minimum absolute atomic E-state index is 0.0343. The van der Waals surface area contributed by atoms with Gasteiger partial charge in [0.1, 0.15) is 5.72 Å². The van der Waals surface area contributed by atoms with Crippen molar-refractivity contribution in [3.63, 3.8) is 0 Å². The van der Waals surface area contributed by atoms with E-state index in [1.807, 2.05) is 35.2 Å². The van der Waals surface area contributed by atoms with Crippen LogP contribution in [-0.4, -0.2) is 35.8 Å². The molecule has 4 aliphatic heterocycles. The van der Waals surface area contributed by atoms with Crippen LogP contribution < -0.4 is 4.90 Å². The van der Waals surface area contributed by atoms with Crippen LogP contribution in [0.3, 0.4) is 0 Å². The Kier molecular flexibility index (Phi) is 2.66. The molecule has 2 bridgehead atoms. The molecule has 3 atom stereocenters. The van der Waals surface area contributed by atoms with Crippen LogP contribution in [0.15, 0.2) is 30.3 Å². The second-order valence-electron chi connectivity index (χ2n) is 6.10. The lowest BCUT2D eigenvalue weighted by Gasteiger charge is -2.62. The van der Waals surface area contributed by atoms with E-state index in [4.69, 9.17) is 4.74 Å². The quantitative estimate of drug-likeness (QED) is 0.786. The second kappa shape index (κ2) is 4.30. The van der Waals surface area contributed by atoms with Crippen LogP contribution in [-0.2, 0) is 9.53 Å². The van der Waals surface area contributed by atoms with Gasteiger partial charge in [-0.05, 0) is 38.3 Å². The van der Waals surface area contributed by atoms with Crippen molar-refractivity contribution < 1.29 is 9.53 Å². The molecule has 0 aromatic heterocycles. The Balaban J connectivity index is 1.76. The number of anilines is 1.